The normalized spacial score (nSPS) is 18.1. The van der Waals surface area contributed by atoms with Crippen molar-refractivity contribution in [2.45, 2.75) is 42.0 Å². The second-order valence-electron chi connectivity index (χ2n) is 7.42. The molecule has 1 amide bonds. The molecule has 2 heterocycles. The minimum absolute atomic E-state index is 0.0286. The topological polar surface area (TPSA) is 72.3 Å². The van der Waals surface area contributed by atoms with E-state index < -0.39 is 23.8 Å². The van der Waals surface area contributed by atoms with Crippen LogP contribution in [0.3, 0.4) is 0 Å². The van der Waals surface area contributed by atoms with Crippen molar-refractivity contribution < 1.29 is 27.1 Å². The van der Waals surface area contributed by atoms with Gasteiger partial charge in [-0.3, -0.25) is 9.36 Å². The first-order valence-corrected chi connectivity index (χ1v) is 10.7. The van der Waals surface area contributed by atoms with E-state index in [-0.39, 0.29) is 23.1 Å². The summed E-state index contributed by atoms with van der Waals surface area (Å²) >= 11 is 0.875. The number of rotatable bonds is 7. The molecule has 1 saturated carbocycles. The van der Waals surface area contributed by atoms with Crippen molar-refractivity contribution >= 4 is 23.6 Å². The van der Waals surface area contributed by atoms with E-state index in [1.54, 1.807) is 4.90 Å². The van der Waals surface area contributed by atoms with Crippen LogP contribution in [0, 0.1) is 5.82 Å². The van der Waals surface area contributed by atoms with Gasteiger partial charge in [-0.05, 0) is 30.5 Å². The highest BCUT2D eigenvalue weighted by Crippen LogP contribution is 2.38. The van der Waals surface area contributed by atoms with Crippen molar-refractivity contribution in [2.75, 3.05) is 31.2 Å². The lowest BCUT2D eigenvalue weighted by Crippen LogP contribution is -2.38. The molecule has 1 aromatic heterocycles. The van der Waals surface area contributed by atoms with Crippen molar-refractivity contribution in [3.8, 4) is 0 Å². The molecule has 1 aromatic carbocycles. The van der Waals surface area contributed by atoms with Gasteiger partial charge in [0.2, 0.25) is 11.9 Å². The summed E-state index contributed by atoms with van der Waals surface area (Å²) < 4.78 is 59.7. The van der Waals surface area contributed by atoms with Gasteiger partial charge in [0.15, 0.2) is 5.16 Å². The molecule has 2 aliphatic rings. The van der Waals surface area contributed by atoms with E-state index in [1.807, 2.05) is 0 Å². The molecule has 1 unspecified atom stereocenters. The van der Waals surface area contributed by atoms with Crippen molar-refractivity contribution in [1.29, 1.82) is 0 Å². The maximum Gasteiger partial charge on any atom is 0.406 e. The van der Waals surface area contributed by atoms with Crippen molar-refractivity contribution in [1.82, 2.24) is 20.1 Å². The van der Waals surface area contributed by atoms with E-state index in [2.05, 4.69) is 15.5 Å². The summed E-state index contributed by atoms with van der Waals surface area (Å²) in [5.74, 6) is -0.734. The highest BCUT2D eigenvalue weighted by molar-refractivity contribution is 8.00. The summed E-state index contributed by atoms with van der Waals surface area (Å²) in [7, 11) is 0. The van der Waals surface area contributed by atoms with Crippen molar-refractivity contribution in [2.24, 2.45) is 0 Å². The smallest absolute Gasteiger partial charge is 0.378 e. The van der Waals surface area contributed by atoms with Crippen LogP contribution in [-0.2, 0) is 16.1 Å². The first-order chi connectivity index (χ1) is 14.8. The molecule has 12 heteroatoms. The van der Waals surface area contributed by atoms with Crippen molar-refractivity contribution in [3.05, 3.63) is 35.6 Å². The third-order valence-electron chi connectivity index (χ3n) is 4.89. The van der Waals surface area contributed by atoms with E-state index in [0.29, 0.717) is 31.9 Å². The van der Waals surface area contributed by atoms with E-state index in [0.717, 1.165) is 29.2 Å². The fourth-order valence-electron chi connectivity index (χ4n) is 3.20. The number of anilines is 1. The summed E-state index contributed by atoms with van der Waals surface area (Å²) in [4.78, 5) is 14.5. The van der Waals surface area contributed by atoms with Crippen LogP contribution in [-0.4, -0.2) is 59.2 Å². The molecule has 7 nitrogen and oxygen atoms in total. The molecule has 2 aromatic rings. The maximum atomic E-state index is 13.4. The SMILES string of the molecule is O=C(NC1CC1)C(Sc1nnc(N2CCOCC2)n1CC(F)(F)F)c1ccc(F)cc1. The quantitative estimate of drug-likeness (QED) is 0.507. The highest BCUT2D eigenvalue weighted by Gasteiger charge is 2.35. The van der Waals surface area contributed by atoms with Gasteiger partial charge < -0.3 is 15.0 Å². The molecule has 0 spiro atoms. The molecule has 1 saturated heterocycles. The van der Waals surface area contributed by atoms with Crippen LogP contribution in [0.5, 0.6) is 0 Å². The summed E-state index contributed by atoms with van der Waals surface area (Å²) in [5.41, 5.74) is 0.471. The second kappa shape index (κ2) is 9.03. The zero-order valence-electron chi connectivity index (χ0n) is 16.4. The number of hydrogen-bond donors (Lipinski definition) is 1. The van der Waals surface area contributed by atoms with Gasteiger partial charge in [0.25, 0.3) is 0 Å². The van der Waals surface area contributed by atoms with Crippen LogP contribution < -0.4 is 10.2 Å². The Balaban J connectivity index is 1.65. The Morgan fingerprint density at radius 2 is 1.87 bits per heavy atom. The first-order valence-electron chi connectivity index (χ1n) is 9.85. The van der Waals surface area contributed by atoms with Gasteiger partial charge in [-0.15, -0.1) is 10.2 Å². The lowest BCUT2D eigenvalue weighted by molar-refractivity contribution is -0.141. The zero-order chi connectivity index (χ0) is 22.0. The van der Waals surface area contributed by atoms with E-state index in [9.17, 15) is 22.4 Å². The number of hydrogen-bond acceptors (Lipinski definition) is 6. The van der Waals surface area contributed by atoms with Crippen LogP contribution in [0.15, 0.2) is 29.4 Å². The summed E-state index contributed by atoms with van der Waals surface area (Å²) in [6.45, 7) is 0.260. The number of morpholine rings is 1. The Morgan fingerprint density at radius 1 is 1.19 bits per heavy atom. The number of nitrogens with zero attached hydrogens (tertiary/aromatic N) is 4. The minimum atomic E-state index is -4.50. The van der Waals surface area contributed by atoms with Gasteiger partial charge in [0, 0.05) is 19.1 Å². The number of nitrogens with one attached hydrogen (secondary N) is 1. The standard InChI is InChI=1S/C19H21F4N5O2S/c20-13-3-1-12(2-4-13)15(16(29)24-14-5-6-14)31-18-26-25-17(27-7-9-30-10-8-27)28(18)11-19(21,22)23/h1-4,14-15H,5-11H2,(H,24,29). The van der Waals surface area contributed by atoms with Crippen LogP contribution in [0.2, 0.25) is 0 Å². The van der Waals surface area contributed by atoms with Crippen molar-refractivity contribution in [3.63, 3.8) is 0 Å². The predicted octanol–water partition coefficient (Wildman–Crippen LogP) is 2.93. The lowest BCUT2D eigenvalue weighted by atomic mass is 10.1. The number of ether oxygens (including phenoxy) is 1. The molecule has 2 fully saturated rings. The average Bonchev–Trinajstić information content (AvgIpc) is 3.46. The molecular weight excluding hydrogens is 438 g/mol. The zero-order valence-corrected chi connectivity index (χ0v) is 17.3. The molecule has 31 heavy (non-hydrogen) atoms. The van der Waals surface area contributed by atoms with Gasteiger partial charge in [-0.2, -0.15) is 13.2 Å². The van der Waals surface area contributed by atoms with E-state index in [4.69, 9.17) is 4.74 Å². The fraction of sp³-hybridized carbons (Fsp3) is 0.526. The van der Waals surface area contributed by atoms with Crippen LogP contribution in [0.1, 0.15) is 23.7 Å². The Kier molecular flexibility index (Phi) is 6.37. The van der Waals surface area contributed by atoms with E-state index >= 15 is 0 Å². The number of carbonyl (C=O) groups is 1. The van der Waals surface area contributed by atoms with Crippen LogP contribution in [0.4, 0.5) is 23.5 Å². The van der Waals surface area contributed by atoms with Gasteiger partial charge in [0.1, 0.15) is 17.6 Å². The first kappa shape index (κ1) is 21.9. The minimum Gasteiger partial charge on any atom is -0.378 e. The molecule has 1 aliphatic heterocycles. The number of carbonyl (C=O) groups excluding carboxylic acids is 1. The number of halogens is 4. The molecule has 1 atom stereocenters. The molecule has 0 radical (unpaired) electrons. The van der Waals surface area contributed by atoms with Crippen LogP contribution >= 0.6 is 11.8 Å². The number of aromatic nitrogens is 3. The number of thioether (sulfide) groups is 1. The molecule has 4 rings (SSSR count). The molecule has 1 aliphatic carbocycles. The third-order valence-corrected chi connectivity index (χ3v) is 6.12. The Labute approximate surface area is 180 Å². The Bertz CT molecular complexity index is 911. The molecular formula is C19H21F4N5O2S. The lowest BCUT2D eigenvalue weighted by Gasteiger charge is -2.28. The summed E-state index contributed by atoms with van der Waals surface area (Å²) in [6, 6.07) is 5.40. The largest absolute Gasteiger partial charge is 0.406 e. The maximum absolute atomic E-state index is 13.4. The number of benzene rings is 1. The van der Waals surface area contributed by atoms with E-state index in [1.165, 1.54) is 24.3 Å². The second-order valence-corrected chi connectivity index (χ2v) is 8.49. The van der Waals surface area contributed by atoms with Gasteiger partial charge in [-0.25, -0.2) is 4.39 Å². The molecule has 1 N–H and O–H groups in total. The van der Waals surface area contributed by atoms with Gasteiger partial charge in [-0.1, -0.05) is 23.9 Å². The van der Waals surface area contributed by atoms with Gasteiger partial charge >= 0.3 is 6.18 Å². The number of amides is 1. The number of alkyl halides is 3. The average molecular weight is 459 g/mol. The Hall–Kier alpha value is -2.34. The molecule has 168 valence electrons. The summed E-state index contributed by atoms with van der Waals surface area (Å²) in [5, 5.41) is 9.91. The van der Waals surface area contributed by atoms with Gasteiger partial charge in [0.05, 0.1) is 13.2 Å². The van der Waals surface area contributed by atoms with Crippen LogP contribution in [0.25, 0.3) is 0 Å². The monoisotopic (exact) mass is 459 g/mol. The highest BCUT2D eigenvalue weighted by atomic mass is 32.2. The Morgan fingerprint density at radius 3 is 2.48 bits per heavy atom. The summed E-state index contributed by atoms with van der Waals surface area (Å²) in [6.07, 6.45) is -2.78. The fourth-order valence-corrected chi connectivity index (χ4v) is 4.24. The third kappa shape index (κ3) is 5.67. The predicted molar refractivity (Wildman–Crippen MR) is 105 cm³/mol. The molecule has 0 bridgehead atoms.